The maximum atomic E-state index is 11.7. The highest BCUT2D eigenvalue weighted by atomic mass is 19.4. The molecular weight excluding hydrogens is 243 g/mol. The van der Waals surface area contributed by atoms with Crippen LogP contribution in [-0.4, -0.2) is 40.5 Å². The number of hydrogen-bond donors (Lipinski definition) is 0. The van der Waals surface area contributed by atoms with Gasteiger partial charge in [-0.3, -0.25) is 4.74 Å². The van der Waals surface area contributed by atoms with Crippen LogP contribution in [-0.2, 0) is 16.0 Å². The number of hydrogen-bond acceptors (Lipinski definition) is 5. The summed E-state index contributed by atoms with van der Waals surface area (Å²) in [4.78, 5) is 11.1. The average molecular weight is 253 g/mol. The predicted octanol–water partition coefficient (Wildman–Crippen LogP) is 0.991. The van der Waals surface area contributed by atoms with Crippen LogP contribution in [0.1, 0.15) is 17.4 Å². The fraction of sp³-hybridized carbons (Fsp3) is 0.625. The third kappa shape index (κ3) is 4.81. The molecule has 0 aliphatic carbocycles. The lowest BCUT2D eigenvalue weighted by Gasteiger charge is -2.06. The van der Waals surface area contributed by atoms with E-state index in [1.807, 2.05) is 0 Å². The van der Waals surface area contributed by atoms with E-state index in [-0.39, 0.29) is 18.8 Å². The second-order valence-corrected chi connectivity index (χ2v) is 2.88. The third-order valence-electron chi connectivity index (χ3n) is 1.61. The number of alkyl halides is 3. The molecule has 0 atom stereocenters. The monoisotopic (exact) mass is 253 g/mol. The first kappa shape index (κ1) is 13.4. The highest BCUT2D eigenvalue weighted by Crippen LogP contribution is 2.15. The topological polar surface area (TPSA) is 66.2 Å². The van der Waals surface area contributed by atoms with Crippen LogP contribution in [0.3, 0.4) is 0 Å². The second kappa shape index (κ2) is 5.62. The zero-order valence-electron chi connectivity index (χ0n) is 8.90. The maximum absolute atomic E-state index is 11.7. The molecule has 1 heterocycles. The average Bonchev–Trinajstić information content (AvgIpc) is 2.65. The molecule has 0 aliphatic heterocycles. The maximum Gasteiger partial charge on any atom is 0.522 e. The quantitative estimate of drug-likeness (QED) is 0.732. The third-order valence-corrected chi connectivity index (χ3v) is 1.61. The number of rotatable bonds is 5. The SMILES string of the molecule is CCOC(=O)c1cn(CCOC(F)(F)F)nn1. The smallest absolute Gasteiger partial charge is 0.461 e. The molecule has 0 saturated carbocycles. The van der Waals surface area contributed by atoms with E-state index in [9.17, 15) is 18.0 Å². The van der Waals surface area contributed by atoms with E-state index in [2.05, 4.69) is 19.8 Å². The van der Waals surface area contributed by atoms with Gasteiger partial charge in [-0.05, 0) is 6.92 Å². The predicted molar refractivity (Wildman–Crippen MR) is 48.0 cm³/mol. The van der Waals surface area contributed by atoms with E-state index in [0.717, 1.165) is 4.68 Å². The molecule has 0 fully saturated rings. The normalized spacial score (nSPS) is 11.5. The van der Waals surface area contributed by atoms with Gasteiger partial charge in [0.15, 0.2) is 5.69 Å². The molecule has 1 rings (SSSR count). The summed E-state index contributed by atoms with van der Waals surface area (Å²) in [7, 11) is 0. The standard InChI is InChI=1S/C8H10F3N3O3/c1-2-16-7(15)6-5-14(13-12-6)3-4-17-8(9,10)11/h5H,2-4H2,1H3. The Labute approximate surface area is 94.3 Å². The minimum atomic E-state index is -4.68. The molecule has 0 aromatic carbocycles. The van der Waals surface area contributed by atoms with E-state index < -0.39 is 18.9 Å². The summed E-state index contributed by atoms with van der Waals surface area (Å²) in [6.45, 7) is 1.05. The van der Waals surface area contributed by atoms with Crippen molar-refractivity contribution < 1.29 is 27.4 Å². The van der Waals surface area contributed by atoms with E-state index in [0.29, 0.717) is 0 Å². The number of carbonyl (C=O) groups excluding carboxylic acids is 1. The molecule has 6 nitrogen and oxygen atoms in total. The molecule has 0 aliphatic rings. The molecule has 1 aromatic rings. The molecule has 17 heavy (non-hydrogen) atoms. The van der Waals surface area contributed by atoms with Crippen LogP contribution in [0.15, 0.2) is 6.20 Å². The Hall–Kier alpha value is -1.64. The molecule has 0 bridgehead atoms. The van der Waals surface area contributed by atoms with Gasteiger partial charge in [-0.2, -0.15) is 0 Å². The van der Waals surface area contributed by atoms with Gasteiger partial charge in [-0.25, -0.2) is 9.48 Å². The number of esters is 1. The Morgan fingerprint density at radius 1 is 1.53 bits per heavy atom. The van der Waals surface area contributed by atoms with Crippen LogP contribution < -0.4 is 0 Å². The van der Waals surface area contributed by atoms with Crippen molar-refractivity contribution in [1.82, 2.24) is 15.0 Å². The van der Waals surface area contributed by atoms with Crippen molar-refractivity contribution in [3.05, 3.63) is 11.9 Å². The molecule has 0 unspecified atom stereocenters. The van der Waals surface area contributed by atoms with Crippen molar-refractivity contribution in [3.8, 4) is 0 Å². The van der Waals surface area contributed by atoms with Crippen molar-refractivity contribution >= 4 is 5.97 Å². The number of aromatic nitrogens is 3. The summed E-state index contributed by atoms with van der Waals surface area (Å²) in [5, 5.41) is 6.91. The Morgan fingerprint density at radius 2 is 2.24 bits per heavy atom. The van der Waals surface area contributed by atoms with Gasteiger partial charge in [0.05, 0.1) is 26.0 Å². The summed E-state index contributed by atoms with van der Waals surface area (Å²) in [5.41, 5.74) is -0.0566. The molecule has 0 radical (unpaired) electrons. The van der Waals surface area contributed by atoms with Crippen LogP contribution in [0.5, 0.6) is 0 Å². The first-order valence-corrected chi connectivity index (χ1v) is 4.70. The van der Waals surface area contributed by atoms with E-state index in [1.165, 1.54) is 6.20 Å². The fourth-order valence-corrected chi connectivity index (χ4v) is 0.961. The molecule has 0 amide bonds. The molecule has 96 valence electrons. The Kier molecular flexibility index (Phi) is 4.44. The fourth-order valence-electron chi connectivity index (χ4n) is 0.961. The first-order valence-electron chi connectivity index (χ1n) is 4.70. The van der Waals surface area contributed by atoms with Crippen LogP contribution >= 0.6 is 0 Å². The Morgan fingerprint density at radius 3 is 2.82 bits per heavy atom. The molecule has 0 saturated heterocycles. The number of halogens is 3. The number of nitrogens with zero attached hydrogens (tertiary/aromatic N) is 3. The Balaban J connectivity index is 2.43. The van der Waals surface area contributed by atoms with Gasteiger partial charge in [0, 0.05) is 0 Å². The molecule has 0 N–H and O–H groups in total. The number of carbonyl (C=O) groups is 1. The lowest BCUT2D eigenvalue weighted by Crippen LogP contribution is -2.17. The number of ether oxygens (including phenoxy) is 2. The van der Waals surface area contributed by atoms with Crippen molar-refractivity contribution in [2.45, 2.75) is 19.8 Å². The summed E-state index contributed by atoms with van der Waals surface area (Å²) >= 11 is 0. The molecule has 0 spiro atoms. The van der Waals surface area contributed by atoms with Crippen LogP contribution in [0, 0.1) is 0 Å². The van der Waals surface area contributed by atoms with Crippen molar-refractivity contribution in [1.29, 1.82) is 0 Å². The van der Waals surface area contributed by atoms with Crippen LogP contribution in [0.4, 0.5) is 13.2 Å². The van der Waals surface area contributed by atoms with Crippen molar-refractivity contribution in [2.24, 2.45) is 0 Å². The lowest BCUT2D eigenvalue weighted by molar-refractivity contribution is -0.325. The van der Waals surface area contributed by atoms with Crippen LogP contribution in [0.25, 0.3) is 0 Å². The molecule has 9 heteroatoms. The van der Waals surface area contributed by atoms with Gasteiger partial charge in [0.25, 0.3) is 0 Å². The van der Waals surface area contributed by atoms with Crippen LogP contribution in [0.2, 0.25) is 0 Å². The van der Waals surface area contributed by atoms with Gasteiger partial charge in [-0.1, -0.05) is 5.21 Å². The zero-order valence-corrected chi connectivity index (χ0v) is 8.90. The largest absolute Gasteiger partial charge is 0.522 e. The summed E-state index contributed by atoms with van der Waals surface area (Å²) < 4.78 is 44.2. The van der Waals surface area contributed by atoms with Gasteiger partial charge >= 0.3 is 12.3 Å². The first-order chi connectivity index (χ1) is 7.92. The van der Waals surface area contributed by atoms with Crippen molar-refractivity contribution in [2.75, 3.05) is 13.2 Å². The van der Waals surface area contributed by atoms with Gasteiger partial charge in [0.1, 0.15) is 0 Å². The highest BCUT2D eigenvalue weighted by Gasteiger charge is 2.28. The minimum Gasteiger partial charge on any atom is -0.461 e. The Bertz CT molecular complexity index is 378. The van der Waals surface area contributed by atoms with E-state index in [4.69, 9.17) is 0 Å². The van der Waals surface area contributed by atoms with E-state index >= 15 is 0 Å². The second-order valence-electron chi connectivity index (χ2n) is 2.88. The van der Waals surface area contributed by atoms with Gasteiger partial charge < -0.3 is 4.74 Å². The van der Waals surface area contributed by atoms with Gasteiger partial charge in [-0.15, -0.1) is 18.3 Å². The highest BCUT2D eigenvalue weighted by molar-refractivity contribution is 5.86. The van der Waals surface area contributed by atoms with E-state index in [1.54, 1.807) is 6.92 Å². The zero-order chi connectivity index (χ0) is 12.9. The summed E-state index contributed by atoms with van der Waals surface area (Å²) in [6.07, 6.45) is -3.48. The van der Waals surface area contributed by atoms with Gasteiger partial charge in [0.2, 0.25) is 0 Å². The summed E-state index contributed by atoms with van der Waals surface area (Å²) in [6, 6.07) is 0. The molecule has 1 aromatic heterocycles. The lowest BCUT2D eigenvalue weighted by atomic mass is 10.5. The minimum absolute atomic E-state index is 0.0566. The molecular formula is C8H10F3N3O3. The summed E-state index contributed by atoms with van der Waals surface area (Å²) in [5.74, 6) is -0.671. The van der Waals surface area contributed by atoms with Crippen molar-refractivity contribution in [3.63, 3.8) is 0 Å².